The summed E-state index contributed by atoms with van der Waals surface area (Å²) < 4.78 is 5.37. The number of benzene rings is 2. The van der Waals surface area contributed by atoms with Crippen molar-refractivity contribution in [3.63, 3.8) is 0 Å². The molecule has 0 atom stereocenters. The van der Waals surface area contributed by atoms with E-state index in [2.05, 4.69) is 15.5 Å². The second-order valence-electron chi connectivity index (χ2n) is 6.24. The molecule has 1 fully saturated rings. The van der Waals surface area contributed by atoms with Crippen LogP contribution in [-0.4, -0.2) is 38.1 Å². The number of carbonyl (C=O) groups excluding carboxylic acids is 2. The maximum absolute atomic E-state index is 12.3. The van der Waals surface area contributed by atoms with Gasteiger partial charge in [0.1, 0.15) is 0 Å². The number of nitrogens with one attached hydrogen (secondary N) is 2. The average molecular weight is 353 g/mol. The Balaban J connectivity index is 1.61. The normalized spacial score (nSPS) is 14.0. The van der Waals surface area contributed by atoms with Crippen molar-refractivity contribution in [1.29, 1.82) is 0 Å². The van der Waals surface area contributed by atoms with Gasteiger partial charge < -0.3 is 20.3 Å². The quantitative estimate of drug-likeness (QED) is 0.826. The highest BCUT2D eigenvalue weighted by Crippen LogP contribution is 2.26. The van der Waals surface area contributed by atoms with E-state index in [1.54, 1.807) is 6.07 Å². The van der Waals surface area contributed by atoms with Crippen molar-refractivity contribution in [2.45, 2.75) is 13.5 Å². The number of morpholine rings is 1. The Morgan fingerprint density at radius 2 is 1.81 bits per heavy atom. The summed E-state index contributed by atoms with van der Waals surface area (Å²) in [5.74, 6) is -1.32. The number of nitrogens with zero attached hydrogens (tertiary/aromatic N) is 1. The van der Waals surface area contributed by atoms with Crippen LogP contribution in [0.2, 0.25) is 0 Å². The highest BCUT2D eigenvalue weighted by molar-refractivity contribution is 6.39. The van der Waals surface area contributed by atoms with Crippen LogP contribution in [-0.2, 0) is 20.9 Å². The molecule has 26 heavy (non-hydrogen) atoms. The fourth-order valence-corrected chi connectivity index (χ4v) is 2.92. The summed E-state index contributed by atoms with van der Waals surface area (Å²) in [7, 11) is 0. The van der Waals surface area contributed by atoms with Gasteiger partial charge in [-0.15, -0.1) is 0 Å². The number of aryl methyl sites for hydroxylation is 1. The molecule has 0 spiro atoms. The van der Waals surface area contributed by atoms with Crippen molar-refractivity contribution >= 4 is 23.2 Å². The second-order valence-corrected chi connectivity index (χ2v) is 6.24. The van der Waals surface area contributed by atoms with Crippen LogP contribution < -0.4 is 15.5 Å². The van der Waals surface area contributed by atoms with Crippen LogP contribution in [0.15, 0.2) is 48.5 Å². The van der Waals surface area contributed by atoms with Crippen molar-refractivity contribution in [2.75, 3.05) is 36.5 Å². The highest BCUT2D eigenvalue weighted by atomic mass is 16.5. The maximum Gasteiger partial charge on any atom is 0.313 e. The van der Waals surface area contributed by atoms with Crippen molar-refractivity contribution in [3.8, 4) is 0 Å². The first-order chi connectivity index (χ1) is 12.6. The van der Waals surface area contributed by atoms with Gasteiger partial charge in [0.2, 0.25) is 0 Å². The van der Waals surface area contributed by atoms with Crippen LogP contribution in [0, 0.1) is 6.92 Å². The first-order valence-electron chi connectivity index (χ1n) is 8.70. The van der Waals surface area contributed by atoms with Crippen molar-refractivity contribution in [1.82, 2.24) is 5.32 Å². The van der Waals surface area contributed by atoms with Gasteiger partial charge in [-0.05, 0) is 24.6 Å². The third kappa shape index (κ3) is 4.61. The summed E-state index contributed by atoms with van der Waals surface area (Å²) in [5, 5.41) is 5.38. The van der Waals surface area contributed by atoms with Crippen molar-refractivity contribution < 1.29 is 14.3 Å². The van der Waals surface area contributed by atoms with Crippen molar-refractivity contribution in [2.24, 2.45) is 0 Å². The SMILES string of the molecule is Cc1cccc(CNC(=O)C(=O)Nc2ccccc2N2CCOCC2)c1. The molecular formula is C20H23N3O3. The Labute approximate surface area is 153 Å². The summed E-state index contributed by atoms with van der Waals surface area (Å²) >= 11 is 0. The van der Waals surface area contributed by atoms with Crippen LogP contribution in [0.3, 0.4) is 0 Å². The zero-order valence-corrected chi connectivity index (χ0v) is 14.8. The molecule has 2 aromatic carbocycles. The molecular weight excluding hydrogens is 330 g/mol. The molecule has 0 aromatic heterocycles. The lowest BCUT2D eigenvalue weighted by Crippen LogP contribution is -2.38. The molecule has 2 aromatic rings. The fraction of sp³-hybridized carbons (Fsp3) is 0.300. The Morgan fingerprint density at radius 3 is 2.58 bits per heavy atom. The molecule has 136 valence electrons. The largest absolute Gasteiger partial charge is 0.378 e. The lowest BCUT2D eigenvalue weighted by molar-refractivity contribution is -0.136. The van der Waals surface area contributed by atoms with Crippen LogP contribution in [0.1, 0.15) is 11.1 Å². The molecule has 2 amide bonds. The number of para-hydroxylation sites is 2. The number of amides is 2. The summed E-state index contributed by atoms with van der Waals surface area (Å²) in [6.07, 6.45) is 0. The average Bonchev–Trinajstić information content (AvgIpc) is 2.67. The molecule has 0 bridgehead atoms. The number of rotatable bonds is 4. The summed E-state index contributed by atoms with van der Waals surface area (Å²) in [6, 6.07) is 15.3. The Hall–Kier alpha value is -2.86. The predicted octanol–water partition coefficient (Wildman–Crippen LogP) is 2.09. The van der Waals surface area contributed by atoms with E-state index >= 15 is 0 Å². The van der Waals surface area contributed by atoms with Crippen LogP contribution in [0.4, 0.5) is 11.4 Å². The monoisotopic (exact) mass is 353 g/mol. The highest BCUT2D eigenvalue weighted by Gasteiger charge is 2.18. The van der Waals surface area contributed by atoms with Gasteiger partial charge in [-0.1, -0.05) is 42.0 Å². The van der Waals surface area contributed by atoms with Crippen LogP contribution in [0.25, 0.3) is 0 Å². The molecule has 1 aliphatic rings. The van der Waals surface area contributed by atoms with E-state index in [-0.39, 0.29) is 0 Å². The number of carbonyl (C=O) groups is 2. The lowest BCUT2D eigenvalue weighted by Gasteiger charge is -2.30. The van der Waals surface area contributed by atoms with E-state index < -0.39 is 11.8 Å². The van der Waals surface area contributed by atoms with Gasteiger partial charge in [0.05, 0.1) is 24.6 Å². The van der Waals surface area contributed by atoms with Crippen molar-refractivity contribution in [3.05, 3.63) is 59.7 Å². The van der Waals surface area contributed by atoms with E-state index in [0.717, 1.165) is 29.9 Å². The van der Waals surface area contributed by atoms with E-state index in [4.69, 9.17) is 4.74 Å². The number of hydrogen-bond acceptors (Lipinski definition) is 4. The summed E-state index contributed by atoms with van der Waals surface area (Å²) in [4.78, 5) is 26.5. The molecule has 1 saturated heterocycles. The third-order valence-electron chi connectivity index (χ3n) is 4.25. The second kappa shape index (κ2) is 8.49. The first kappa shape index (κ1) is 17.9. The Morgan fingerprint density at radius 1 is 1.04 bits per heavy atom. The minimum absolute atomic E-state index is 0.318. The minimum atomic E-state index is -0.668. The molecule has 0 unspecified atom stereocenters. The first-order valence-corrected chi connectivity index (χ1v) is 8.70. The van der Waals surface area contributed by atoms with Gasteiger partial charge in [-0.2, -0.15) is 0 Å². The van der Waals surface area contributed by atoms with Gasteiger partial charge in [-0.25, -0.2) is 0 Å². The van der Waals surface area contributed by atoms with Gasteiger partial charge >= 0.3 is 11.8 Å². The number of anilines is 2. The lowest BCUT2D eigenvalue weighted by atomic mass is 10.1. The molecule has 1 heterocycles. The summed E-state index contributed by atoms with van der Waals surface area (Å²) in [6.45, 7) is 5.12. The van der Waals surface area contributed by atoms with Crippen LogP contribution >= 0.6 is 0 Å². The van der Waals surface area contributed by atoms with Gasteiger partial charge in [0.15, 0.2) is 0 Å². The van der Waals surface area contributed by atoms with Gasteiger partial charge in [0.25, 0.3) is 0 Å². The Bertz CT molecular complexity index is 785. The van der Waals surface area contributed by atoms with E-state index in [1.807, 2.05) is 49.4 Å². The molecule has 0 radical (unpaired) electrons. The molecule has 6 nitrogen and oxygen atoms in total. The molecule has 0 aliphatic carbocycles. The molecule has 3 rings (SSSR count). The van der Waals surface area contributed by atoms with Gasteiger partial charge in [-0.3, -0.25) is 9.59 Å². The van der Waals surface area contributed by atoms with E-state index in [9.17, 15) is 9.59 Å². The molecule has 0 saturated carbocycles. The minimum Gasteiger partial charge on any atom is -0.378 e. The fourth-order valence-electron chi connectivity index (χ4n) is 2.92. The van der Waals surface area contributed by atoms with E-state index in [0.29, 0.717) is 25.4 Å². The number of ether oxygens (including phenoxy) is 1. The van der Waals surface area contributed by atoms with Crippen LogP contribution in [0.5, 0.6) is 0 Å². The van der Waals surface area contributed by atoms with E-state index in [1.165, 1.54) is 0 Å². The topological polar surface area (TPSA) is 70.7 Å². The molecule has 6 heteroatoms. The zero-order valence-electron chi connectivity index (χ0n) is 14.8. The van der Waals surface area contributed by atoms with Gasteiger partial charge in [0, 0.05) is 19.6 Å². The maximum atomic E-state index is 12.3. The Kier molecular flexibility index (Phi) is 5.86. The zero-order chi connectivity index (χ0) is 18.4. The molecule has 2 N–H and O–H groups in total. The summed E-state index contributed by atoms with van der Waals surface area (Å²) in [5.41, 5.74) is 3.60. The standard InChI is InChI=1S/C20H23N3O3/c1-15-5-4-6-16(13-15)14-21-19(24)20(25)22-17-7-2-3-8-18(17)23-9-11-26-12-10-23/h2-8,13H,9-12,14H2,1H3,(H,21,24)(H,22,25). The third-order valence-corrected chi connectivity index (χ3v) is 4.25. The number of hydrogen-bond donors (Lipinski definition) is 2. The molecule has 1 aliphatic heterocycles. The smallest absolute Gasteiger partial charge is 0.313 e. The predicted molar refractivity (Wildman–Crippen MR) is 101 cm³/mol.